The number of anilines is 1. The largest absolute Gasteiger partial charge is 0.325 e. The van der Waals surface area contributed by atoms with Crippen LogP contribution in [0.4, 0.5) is 11.4 Å². The van der Waals surface area contributed by atoms with E-state index in [1.54, 1.807) is 24.3 Å². The van der Waals surface area contributed by atoms with E-state index < -0.39 is 4.92 Å². The van der Waals surface area contributed by atoms with Gasteiger partial charge in [-0.1, -0.05) is 41.6 Å². The van der Waals surface area contributed by atoms with E-state index in [1.165, 1.54) is 23.9 Å². The standard InChI is InChI=1S/C19H18ClN5O3S/c1-3-24-18(13-5-4-6-15(9-13)25(27)28)22-23-19(24)29-11-17(26)21-16-10-14(20)8-7-12(16)2/h4-10H,3,11H2,1-2H3,(H,21,26). The minimum atomic E-state index is -0.450. The van der Waals surface area contributed by atoms with Crippen molar-refractivity contribution in [3.8, 4) is 11.4 Å². The third-order valence-corrected chi connectivity index (χ3v) is 5.36. The summed E-state index contributed by atoms with van der Waals surface area (Å²) >= 11 is 7.23. The quantitative estimate of drug-likeness (QED) is 0.334. The maximum Gasteiger partial charge on any atom is 0.270 e. The lowest BCUT2D eigenvalue weighted by atomic mass is 10.2. The van der Waals surface area contributed by atoms with Crippen LogP contribution in [0, 0.1) is 17.0 Å². The summed E-state index contributed by atoms with van der Waals surface area (Å²) in [4.78, 5) is 22.9. The Kier molecular flexibility index (Phi) is 6.50. The third kappa shape index (κ3) is 4.93. The second-order valence-corrected chi connectivity index (χ2v) is 7.53. The number of nitro benzene ring substituents is 1. The highest BCUT2D eigenvalue weighted by Gasteiger charge is 2.17. The van der Waals surface area contributed by atoms with Crippen molar-refractivity contribution < 1.29 is 9.72 Å². The van der Waals surface area contributed by atoms with Crippen LogP contribution in [0.25, 0.3) is 11.4 Å². The zero-order valence-electron chi connectivity index (χ0n) is 15.8. The second kappa shape index (κ2) is 9.06. The Labute approximate surface area is 176 Å². The zero-order valence-corrected chi connectivity index (χ0v) is 17.3. The Morgan fingerprint density at radius 1 is 1.28 bits per heavy atom. The molecule has 0 bridgehead atoms. The molecule has 8 nitrogen and oxygen atoms in total. The number of nitrogens with zero attached hydrogens (tertiary/aromatic N) is 4. The topological polar surface area (TPSA) is 103 Å². The molecule has 10 heteroatoms. The van der Waals surface area contributed by atoms with Crippen molar-refractivity contribution in [1.29, 1.82) is 0 Å². The Bertz CT molecular complexity index is 1070. The van der Waals surface area contributed by atoms with Crippen LogP contribution in [0.1, 0.15) is 12.5 Å². The van der Waals surface area contributed by atoms with E-state index in [9.17, 15) is 14.9 Å². The minimum Gasteiger partial charge on any atom is -0.325 e. The normalized spacial score (nSPS) is 10.7. The molecule has 3 rings (SSSR count). The summed E-state index contributed by atoms with van der Waals surface area (Å²) in [5, 5.41) is 23.3. The predicted octanol–water partition coefficient (Wildman–Crippen LogP) is 4.57. The van der Waals surface area contributed by atoms with Crippen LogP contribution in [0.5, 0.6) is 0 Å². The minimum absolute atomic E-state index is 0.0152. The summed E-state index contributed by atoms with van der Waals surface area (Å²) in [6, 6.07) is 11.5. The average Bonchev–Trinajstić information content (AvgIpc) is 3.12. The van der Waals surface area contributed by atoms with E-state index in [0.717, 1.165) is 5.56 Å². The van der Waals surface area contributed by atoms with Crippen LogP contribution in [0.2, 0.25) is 5.02 Å². The maximum absolute atomic E-state index is 12.3. The smallest absolute Gasteiger partial charge is 0.270 e. The molecular weight excluding hydrogens is 414 g/mol. The molecule has 0 aliphatic carbocycles. The van der Waals surface area contributed by atoms with E-state index in [0.29, 0.717) is 33.8 Å². The number of nitro groups is 1. The number of amides is 1. The van der Waals surface area contributed by atoms with Crippen LogP contribution in [-0.2, 0) is 11.3 Å². The molecule has 0 spiro atoms. The number of aryl methyl sites for hydroxylation is 1. The molecule has 1 N–H and O–H groups in total. The Morgan fingerprint density at radius 2 is 2.07 bits per heavy atom. The number of benzene rings is 2. The number of carbonyl (C=O) groups is 1. The first kappa shape index (κ1) is 20.8. The summed E-state index contributed by atoms with van der Waals surface area (Å²) in [5.41, 5.74) is 2.16. The Morgan fingerprint density at radius 3 is 2.79 bits per heavy atom. The van der Waals surface area contributed by atoms with Gasteiger partial charge in [0.05, 0.1) is 10.7 Å². The highest BCUT2D eigenvalue weighted by Crippen LogP contribution is 2.27. The summed E-state index contributed by atoms with van der Waals surface area (Å²) < 4.78 is 1.82. The van der Waals surface area contributed by atoms with Crippen molar-refractivity contribution in [2.75, 3.05) is 11.1 Å². The molecule has 0 saturated heterocycles. The van der Waals surface area contributed by atoms with Crippen molar-refractivity contribution in [1.82, 2.24) is 14.8 Å². The number of hydrogen-bond acceptors (Lipinski definition) is 6. The van der Waals surface area contributed by atoms with Crippen LogP contribution in [0.3, 0.4) is 0 Å². The summed E-state index contributed by atoms with van der Waals surface area (Å²) in [6.45, 7) is 4.37. The van der Waals surface area contributed by atoms with Gasteiger partial charge in [0.25, 0.3) is 5.69 Å². The van der Waals surface area contributed by atoms with Crippen LogP contribution >= 0.6 is 23.4 Å². The first-order chi connectivity index (χ1) is 13.9. The van der Waals surface area contributed by atoms with Gasteiger partial charge in [-0.3, -0.25) is 14.9 Å². The molecule has 0 atom stereocenters. The summed E-state index contributed by atoms with van der Waals surface area (Å²) in [7, 11) is 0. The highest BCUT2D eigenvalue weighted by atomic mass is 35.5. The van der Waals surface area contributed by atoms with Gasteiger partial charge in [0.2, 0.25) is 5.91 Å². The van der Waals surface area contributed by atoms with Crippen molar-refractivity contribution in [3.05, 3.63) is 63.2 Å². The fourth-order valence-electron chi connectivity index (χ4n) is 2.70. The molecular formula is C19H18ClN5O3S. The van der Waals surface area contributed by atoms with Gasteiger partial charge < -0.3 is 9.88 Å². The number of aromatic nitrogens is 3. The lowest BCUT2D eigenvalue weighted by Gasteiger charge is -2.09. The van der Waals surface area contributed by atoms with Gasteiger partial charge in [-0.2, -0.15) is 0 Å². The first-order valence-corrected chi connectivity index (χ1v) is 10.1. The van der Waals surface area contributed by atoms with Gasteiger partial charge in [0, 0.05) is 35.0 Å². The Balaban J connectivity index is 1.74. The molecule has 0 saturated carbocycles. The molecule has 0 fully saturated rings. The van der Waals surface area contributed by atoms with Gasteiger partial charge in [-0.25, -0.2) is 0 Å². The SMILES string of the molecule is CCn1c(SCC(=O)Nc2cc(Cl)ccc2C)nnc1-c1cccc([N+](=O)[O-])c1. The molecule has 0 aliphatic rings. The van der Waals surface area contributed by atoms with Crippen molar-refractivity contribution >= 4 is 40.6 Å². The van der Waals surface area contributed by atoms with Gasteiger partial charge in [-0.15, -0.1) is 10.2 Å². The van der Waals surface area contributed by atoms with Gasteiger partial charge in [0.15, 0.2) is 11.0 Å². The van der Waals surface area contributed by atoms with Crippen LogP contribution in [0.15, 0.2) is 47.6 Å². The van der Waals surface area contributed by atoms with E-state index in [-0.39, 0.29) is 17.3 Å². The lowest BCUT2D eigenvalue weighted by Crippen LogP contribution is -2.15. The van der Waals surface area contributed by atoms with Crippen molar-refractivity contribution in [2.24, 2.45) is 0 Å². The summed E-state index contributed by atoms with van der Waals surface area (Å²) in [5.74, 6) is 0.465. The fraction of sp³-hybridized carbons (Fsp3) is 0.211. The van der Waals surface area contributed by atoms with E-state index >= 15 is 0 Å². The number of carbonyl (C=O) groups excluding carboxylic acids is 1. The lowest BCUT2D eigenvalue weighted by molar-refractivity contribution is -0.384. The molecule has 0 aliphatic heterocycles. The molecule has 29 heavy (non-hydrogen) atoms. The highest BCUT2D eigenvalue weighted by molar-refractivity contribution is 7.99. The third-order valence-electron chi connectivity index (χ3n) is 4.15. The van der Waals surface area contributed by atoms with Crippen LogP contribution in [-0.4, -0.2) is 31.3 Å². The fourth-order valence-corrected chi connectivity index (χ4v) is 3.67. The second-order valence-electron chi connectivity index (χ2n) is 6.15. The monoisotopic (exact) mass is 431 g/mol. The number of thioether (sulfide) groups is 1. The predicted molar refractivity (Wildman–Crippen MR) is 113 cm³/mol. The van der Waals surface area contributed by atoms with E-state index in [2.05, 4.69) is 15.5 Å². The molecule has 1 aromatic heterocycles. The molecule has 150 valence electrons. The summed E-state index contributed by atoms with van der Waals surface area (Å²) in [6.07, 6.45) is 0. The van der Waals surface area contributed by atoms with Crippen LogP contribution < -0.4 is 5.32 Å². The molecule has 2 aromatic carbocycles. The molecule has 1 heterocycles. The van der Waals surface area contributed by atoms with Gasteiger partial charge in [-0.05, 0) is 31.5 Å². The molecule has 1 amide bonds. The van der Waals surface area contributed by atoms with Gasteiger partial charge >= 0.3 is 0 Å². The van der Waals surface area contributed by atoms with Crippen molar-refractivity contribution in [3.63, 3.8) is 0 Å². The van der Waals surface area contributed by atoms with Crippen molar-refractivity contribution in [2.45, 2.75) is 25.5 Å². The zero-order chi connectivity index (χ0) is 21.0. The van der Waals surface area contributed by atoms with E-state index in [4.69, 9.17) is 11.6 Å². The maximum atomic E-state index is 12.3. The van der Waals surface area contributed by atoms with Gasteiger partial charge in [0.1, 0.15) is 0 Å². The molecule has 3 aromatic rings. The number of halogens is 1. The number of rotatable bonds is 7. The Hall–Kier alpha value is -2.91. The average molecular weight is 432 g/mol. The number of nitrogens with one attached hydrogen (secondary N) is 1. The first-order valence-electron chi connectivity index (χ1n) is 8.76. The van der Waals surface area contributed by atoms with E-state index in [1.807, 2.05) is 24.5 Å². The molecule has 0 unspecified atom stereocenters. The molecule has 0 radical (unpaired) electrons. The number of non-ortho nitro benzene ring substituents is 1. The number of hydrogen-bond donors (Lipinski definition) is 1.